The Morgan fingerprint density at radius 3 is 2.64 bits per heavy atom. The molecule has 0 aliphatic heterocycles. The molecule has 0 N–H and O–H groups in total. The van der Waals surface area contributed by atoms with E-state index in [9.17, 15) is 13.2 Å². The number of hydrogen-bond donors (Lipinski definition) is 0. The van der Waals surface area contributed by atoms with E-state index < -0.39 is 11.9 Å². The first-order valence-corrected chi connectivity index (χ1v) is 3.47. The molecule has 1 heterocycles. The molecular formula is C9H3F3N2. The molecule has 70 valence electrons. The zero-order chi connectivity index (χ0) is 10.6. The Labute approximate surface area is 78.0 Å². The fourth-order valence-corrected chi connectivity index (χ4v) is 0.763. The third-order valence-corrected chi connectivity index (χ3v) is 1.31. The van der Waals surface area contributed by atoms with Gasteiger partial charge in [-0.05, 0) is 12.1 Å². The number of rotatable bonds is 0. The first-order valence-electron chi connectivity index (χ1n) is 3.47. The maximum atomic E-state index is 12.1. The van der Waals surface area contributed by atoms with Crippen molar-refractivity contribution in [2.75, 3.05) is 0 Å². The summed E-state index contributed by atoms with van der Waals surface area (Å²) in [7, 11) is 0. The highest BCUT2D eigenvalue weighted by Gasteiger charge is 2.32. The van der Waals surface area contributed by atoms with Crippen LogP contribution in [-0.4, -0.2) is 4.98 Å². The SMILES string of the molecule is N#CC#Cc1ccnc(C(F)(F)F)c1. The van der Waals surface area contributed by atoms with Crippen molar-refractivity contribution >= 4 is 0 Å². The van der Waals surface area contributed by atoms with Crippen molar-refractivity contribution in [1.82, 2.24) is 4.98 Å². The van der Waals surface area contributed by atoms with E-state index in [0.29, 0.717) is 0 Å². The largest absolute Gasteiger partial charge is 0.433 e. The molecule has 0 unspecified atom stereocenters. The van der Waals surface area contributed by atoms with Crippen LogP contribution in [0.4, 0.5) is 13.2 Å². The molecular weight excluding hydrogens is 193 g/mol. The summed E-state index contributed by atoms with van der Waals surface area (Å²) >= 11 is 0. The fourth-order valence-electron chi connectivity index (χ4n) is 0.763. The summed E-state index contributed by atoms with van der Waals surface area (Å²) in [4.78, 5) is 3.14. The Kier molecular flexibility index (Phi) is 2.73. The van der Waals surface area contributed by atoms with E-state index in [1.165, 1.54) is 12.1 Å². The molecule has 1 aromatic heterocycles. The number of aromatic nitrogens is 1. The Morgan fingerprint density at radius 1 is 1.36 bits per heavy atom. The van der Waals surface area contributed by atoms with Crippen LogP contribution in [0.2, 0.25) is 0 Å². The minimum atomic E-state index is -4.48. The third-order valence-electron chi connectivity index (χ3n) is 1.31. The van der Waals surface area contributed by atoms with Crippen LogP contribution in [0.3, 0.4) is 0 Å². The summed E-state index contributed by atoms with van der Waals surface area (Å²) in [6, 6.07) is 3.61. The zero-order valence-corrected chi connectivity index (χ0v) is 6.76. The monoisotopic (exact) mass is 196 g/mol. The molecule has 0 saturated carbocycles. The standard InChI is InChI=1S/C9H3F3N2/c10-9(11,12)8-6-7(2-1-4-13)3-5-14-8/h3,5-6H. The first-order chi connectivity index (χ1) is 6.54. The van der Waals surface area contributed by atoms with Crippen molar-refractivity contribution in [2.24, 2.45) is 0 Å². The van der Waals surface area contributed by atoms with Crippen molar-refractivity contribution in [2.45, 2.75) is 6.18 Å². The molecule has 0 spiro atoms. The summed E-state index contributed by atoms with van der Waals surface area (Å²) in [5, 5.41) is 8.10. The number of nitriles is 1. The second-order valence-corrected chi connectivity index (χ2v) is 2.29. The molecule has 0 atom stereocenters. The van der Waals surface area contributed by atoms with Gasteiger partial charge in [0.1, 0.15) is 5.69 Å². The highest BCUT2D eigenvalue weighted by atomic mass is 19.4. The highest BCUT2D eigenvalue weighted by Crippen LogP contribution is 2.27. The van der Waals surface area contributed by atoms with Crippen LogP contribution >= 0.6 is 0 Å². The highest BCUT2D eigenvalue weighted by molar-refractivity contribution is 5.38. The van der Waals surface area contributed by atoms with Gasteiger partial charge < -0.3 is 0 Å². The van der Waals surface area contributed by atoms with E-state index in [4.69, 9.17) is 5.26 Å². The van der Waals surface area contributed by atoms with Crippen LogP contribution in [-0.2, 0) is 6.18 Å². The van der Waals surface area contributed by atoms with Crippen molar-refractivity contribution in [3.8, 4) is 17.9 Å². The predicted molar refractivity (Wildman–Crippen MR) is 41.7 cm³/mol. The molecule has 0 bridgehead atoms. The molecule has 0 aromatic carbocycles. The van der Waals surface area contributed by atoms with E-state index in [1.54, 1.807) is 0 Å². The Bertz CT molecular complexity index is 432. The minimum Gasteiger partial charge on any atom is -0.252 e. The lowest BCUT2D eigenvalue weighted by Gasteiger charge is -2.04. The van der Waals surface area contributed by atoms with Crippen molar-refractivity contribution in [1.29, 1.82) is 5.26 Å². The molecule has 0 aliphatic rings. The fraction of sp³-hybridized carbons (Fsp3) is 0.111. The molecule has 0 saturated heterocycles. The van der Waals surface area contributed by atoms with Gasteiger partial charge in [-0.1, -0.05) is 5.92 Å². The summed E-state index contributed by atoms with van der Waals surface area (Å²) in [5.74, 6) is 4.26. The predicted octanol–water partition coefficient (Wildman–Crippen LogP) is 1.98. The topological polar surface area (TPSA) is 36.7 Å². The lowest BCUT2D eigenvalue weighted by atomic mass is 10.2. The number of halogens is 3. The summed E-state index contributed by atoms with van der Waals surface area (Å²) < 4.78 is 36.3. The van der Waals surface area contributed by atoms with Gasteiger partial charge in [-0.25, -0.2) is 0 Å². The third kappa shape index (κ3) is 2.49. The Morgan fingerprint density at radius 2 is 2.07 bits per heavy atom. The molecule has 1 aromatic rings. The van der Waals surface area contributed by atoms with E-state index in [2.05, 4.69) is 10.9 Å². The van der Waals surface area contributed by atoms with Crippen molar-refractivity contribution in [3.05, 3.63) is 29.6 Å². The van der Waals surface area contributed by atoms with Gasteiger partial charge in [0.15, 0.2) is 6.07 Å². The van der Waals surface area contributed by atoms with Crippen LogP contribution in [0.25, 0.3) is 0 Å². The van der Waals surface area contributed by atoms with E-state index in [-0.39, 0.29) is 5.56 Å². The maximum absolute atomic E-state index is 12.1. The van der Waals surface area contributed by atoms with Gasteiger partial charge in [-0.2, -0.15) is 18.4 Å². The lowest BCUT2D eigenvalue weighted by molar-refractivity contribution is -0.141. The smallest absolute Gasteiger partial charge is 0.252 e. The molecule has 0 aliphatic carbocycles. The lowest BCUT2D eigenvalue weighted by Crippen LogP contribution is -2.07. The Balaban J connectivity index is 3.09. The number of alkyl halides is 3. The van der Waals surface area contributed by atoms with Crippen LogP contribution in [0.1, 0.15) is 11.3 Å². The quantitative estimate of drug-likeness (QED) is 0.595. The molecule has 0 amide bonds. The molecule has 0 fully saturated rings. The van der Waals surface area contributed by atoms with E-state index in [0.717, 1.165) is 12.3 Å². The van der Waals surface area contributed by atoms with Gasteiger partial charge in [0, 0.05) is 17.7 Å². The van der Waals surface area contributed by atoms with E-state index in [1.807, 2.05) is 5.92 Å². The van der Waals surface area contributed by atoms with Gasteiger partial charge in [-0.15, -0.1) is 0 Å². The van der Waals surface area contributed by atoms with Gasteiger partial charge in [0.05, 0.1) is 0 Å². The van der Waals surface area contributed by atoms with Crippen molar-refractivity contribution < 1.29 is 13.2 Å². The molecule has 5 heteroatoms. The summed E-state index contributed by atoms with van der Waals surface area (Å²) in [6.45, 7) is 0. The van der Waals surface area contributed by atoms with Crippen LogP contribution < -0.4 is 0 Å². The normalized spacial score (nSPS) is 9.86. The van der Waals surface area contributed by atoms with Crippen LogP contribution in [0.5, 0.6) is 0 Å². The summed E-state index contributed by atoms with van der Waals surface area (Å²) in [5.41, 5.74) is -0.892. The van der Waals surface area contributed by atoms with Gasteiger partial charge in [0.2, 0.25) is 0 Å². The second kappa shape index (κ2) is 3.80. The van der Waals surface area contributed by atoms with Gasteiger partial charge in [-0.3, -0.25) is 4.98 Å². The average molecular weight is 196 g/mol. The van der Waals surface area contributed by atoms with Gasteiger partial charge in [0.25, 0.3) is 0 Å². The van der Waals surface area contributed by atoms with Crippen LogP contribution in [0.15, 0.2) is 18.3 Å². The molecule has 14 heavy (non-hydrogen) atoms. The minimum absolute atomic E-state index is 0.119. The second-order valence-electron chi connectivity index (χ2n) is 2.29. The number of pyridine rings is 1. The number of hydrogen-bond acceptors (Lipinski definition) is 2. The van der Waals surface area contributed by atoms with Gasteiger partial charge >= 0.3 is 6.18 Å². The first kappa shape index (κ1) is 10.1. The number of nitrogens with zero attached hydrogens (tertiary/aromatic N) is 2. The molecule has 0 radical (unpaired) electrons. The zero-order valence-electron chi connectivity index (χ0n) is 6.76. The Hall–Kier alpha value is -2.01. The molecule has 1 rings (SSSR count). The van der Waals surface area contributed by atoms with Crippen LogP contribution in [0, 0.1) is 23.2 Å². The van der Waals surface area contributed by atoms with E-state index >= 15 is 0 Å². The maximum Gasteiger partial charge on any atom is 0.433 e. The van der Waals surface area contributed by atoms with Crippen molar-refractivity contribution in [3.63, 3.8) is 0 Å². The average Bonchev–Trinajstić information content (AvgIpc) is 2.14. The summed E-state index contributed by atoms with van der Waals surface area (Å²) in [6.07, 6.45) is -3.48. The molecule has 2 nitrogen and oxygen atoms in total.